The Labute approximate surface area is 146 Å². The molecule has 0 radical (unpaired) electrons. The third-order valence-electron chi connectivity index (χ3n) is 3.01. The van der Waals surface area contributed by atoms with Gasteiger partial charge in [-0.2, -0.15) is 4.99 Å². The first kappa shape index (κ1) is 18.8. The minimum Gasteiger partial charge on any atom is -0.360 e. The molecule has 0 saturated carbocycles. The molecule has 132 valence electrons. The van der Waals surface area contributed by atoms with Gasteiger partial charge in [0.25, 0.3) is 0 Å². The molecule has 25 heavy (non-hydrogen) atoms. The van der Waals surface area contributed by atoms with Crippen molar-refractivity contribution in [3.05, 3.63) is 59.2 Å². The number of hydrogen-bond acceptors (Lipinski definition) is 3. The highest BCUT2D eigenvalue weighted by molar-refractivity contribution is 8.13. The highest BCUT2D eigenvalue weighted by atomic mass is 32.2. The number of pyridine rings is 1. The molecule has 2 aromatic rings. The summed E-state index contributed by atoms with van der Waals surface area (Å²) >= 11 is 1.14. The molecular weight excluding hydrogens is 353 g/mol. The van der Waals surface area contributed by atoms with Crippen LogP contribution in [0.1, 0.15) is 11.1 Å². The first-order valence-corrected chi connectivity index (χ1v) is 8.34. The van der Waals surface area contributed by atoms with E-state index in [4.69, 9.17) is 0 Å². The summed E-state index contributed by atoms with van der Waals surface area (Å²) in [7, 11) is 0. The summed E-state index contributed by atoms with van der Waals surface area (Å²) in [4.78, 5) is 19.7. The van der Waals surface area contributed by atoms with E-state index in [0.717, 1.165) is 29.5 Å². The topological polar surface area (TPSA) is 66.4 Å². The average molecular weight is 368 g/mol. The van der Waals surface area contributed by atoms with Crippen molar-refractivity contribution in [3.63, 3.8) is 0 Å². The number of nitrogens with one attached hydrogen (secondary N) is 2. The van der Waals surface area contributed by atoms with E-state index >= 15 is 0 Å². The molecule has 0 spiro atoms. The molecule has 0 saturated heterocycles. The van der Waals surface area contributed by atoms with Crippen LogP contribution in [0.2, 0.25) is 0 Å². The molecule has 5 nitrogen and oxygen atoms in total. The summed E-state index contributed by atoms with van der Waals surface area (Å²) < 4.78 is 39.3. The number of aromatic nitrogens is 1. The predicted octanol–water partition coefficient (Wildman–Crippen LogP) is 3.85. The molecule has 0 aliphatic heterocycles. The zero-order chi connectivity index (χ0) is 18.4. The van der Waals surface area contributed by atoms with Crippen LogP contribution >= 0.6 is 11.8 Å². The van der Waals surface area contributed by atoms with Gasteiger partial charge >= 0.3 is 6.03 Å². The van der Waals surface area contributed by atoms with Gasteiger partial charge in [-0.05, 0) is 42.5 Å². The number of hydrogen-bond donors (Lipinski definition) is 2. The monoisotopic (exact) mass is 368 g/mol. The van der Waals surface area contributed by atoms with E-state index in [2.05, 4.69) is 20.6 Å². The standard InChI is InChI=1S/C16H15F3N4OS/c1-9-3-11(8-20-6-9)22-15(24)23-16(25-2)21-7-10-4-12(17)14(19)13(18)5-10/h3-6,8H,7H2,1-2H3,(H2,21,22,23,24). The highest BCUT2D eigenvalue weighted by Crippen LogP contribution is 2.14. The van der Waals surface area contributed by atoms with Gasteiger partial charge in [0.2, 0.25) is 0 Å². The van der Waals surface area contributed by atoms with Gasteiger partial charge in [0.05, 0.1) is 11.9 Å². The van der Waals surface area contributed by atoms with Crippen molar-refractivity contribution >= 4 is 28.6 Å². The summed E-state index contributed by atoms with van der Waals surface area (Å²) in [5.74, 6) is -4.07. The molecule has 1 heterocycles. The van der Waals surface area contributed by atoms with E-state index in [0.29, 0.717) is 5.69 Å². The molecule has 1 aromatic heterocycles. The molecule has 0 aliphatic carbocycles. The summed E-state index contributed by atoms with van der Waals surface area (Å²) in [5.41, 5.74) is 1.56. The van der Waals surface area contributed by atoms with Crippen LogP contribution in [-0.2, 0) is 6.54 Å². The molecule has 0 fully saturated rings. The number of amidine groups is 1. The molecular formula is C16H15F3N4OS. The van der Waals surface area contributed by atoms with Gasteiger partial charge in [-0.3, -0.25) is 4.98 Å². The molecule has 2 amide bonds. The zero-order valence-corrected chi connectivity index (χ0v) is 14.3. The quantitative estimate of drug-likeness (QED) is 0.491. The minimum absolute atomic E-state index is 0.0208. The van der Waals surface area contributed by atoms with Crippen molar-refractivity contribution in [1.29, 1.82) is 0 Å². The summed E-state index contributed by atoms with van der Waals surface area (Å²) in [6, 6.07) is 2.86. The normalized spacial score (nSPS) is 11.3. The predicted molar refractivity (Wildman–Crippen MR) is 92.1 cm³/mol. The second kappa shape index (κ2) is 8.52. The fourth-order valence-electron chi connectivity index (χ4n) is 1.91. The van der Waals surface area contributed by atoms with Crippen LogP contribution in [0.25, 0.3) is 0 Å². The Kier molecular flexibility index (Phi) is 6.40. The first-order chi connectivity index (χ1) is 11.9. The third-order valence-corrected chi connectivity index (χ3v) is 3.63. The van der Waals surface area contributed by atoms with Gasteiger partial charge < -0.3 is 10.6 Å². The lowest BCUT2D eigenvalue weighted by Gasteiger charge is -2.09. The van der Waals surface area contributed by atoms with Crippen molar-refractivity contribution in [2.24, 2.45) is 4.99 Å². The highest BCUT2D eigenvalue weighted by Gasteiger charge is 2.11. The summed E-state index contributed by atoms with van der Waals surface area (Å²) in [6.07, 6.45) is 4.81. The number of aryl methyl sites for hydroxylation is 1. The van der Waals surface area contributed by atoms with E-state index in [-0.39, 0.29) is 17.3 Å². The van der Waals surface area contributed by atoms with Crippen LogP contribution in [0.3, 0.4) is 0 Å². The molecule has 0 atom stereocenters. The van der Waals surface area contributed by atoms with Crippen LogP contribution in [-0.4, -0.2) is 22.4 Å². The van der Waals surface area contributed by atoms with Crippen LogP contribution in [0.5, 0.6) is 0 Å². The maximum Gasteiger partial charge on any atom is 0.347 e. The number of rotatable bonds is 3. The largest absolute Gasteiger partial charge is 0.360 e. The van der Waals surface area contributed by atoms with E-state index < -0.39 is 23.5 Å². The van der Waals surface area contributed by atoms with Gasteiger partial charge in [0.15, 0.2) is 22.6 Å². The summed E-state index contributed by atoms with van der Waals surface area (Å²) in [6.45, 7) is 1.81. The number of carbonyl (C=O) groups is 1. The van der Waals surface area contributed by atoms with Crippen molar-refractivity contribution in [3.8, 4) is 0 Å². The molecule has 9 heteroatoms. The number of nitrogens with zero attached hydrogens (tertiary/aromatic N) is 2. The van der Waals surface area contributed by atoms with Crippen molar-refractivity contribution in [2.45, 2.75) is 13.5 Å². The molecule has 1 aromatic carbocycles. The molecule has 0 unspecified atom stereocenters. The van der Waals surface area contributed by atoms with Gasteiger partial charge in [-0.15, -0.1) is 0 Å². The molecule has 2 rings (SSSR count). The van der Waals surface area contributed by atoms with Gasteiger partial charge in [0, 0.05) is 12.7 Å². The van der Waals surface area contributed by atoms with E-state index in [1.165, 1.54) is 6.20 Å². The fraction of sp³-hybridized carbons (Fsp3) is 0.188. The van der Waals surface area contributed by atoms with E-state index in [1.807, 2.05) is 6.92 Å². The average Bonchev–Trinajstić information content (AvgIpc) is 2.56. The van der Waals surface area contributed by atoms with Crippen LogP contribution in [0, 0.1) is 24.4 Å². The Morgan fingerprint density at radius 2 is 1.88 bits per heavy atom. The van der Waals surface area contributed by atoms with Gasteiger partial charge in [0.1, 0.15) is 0 Å². The lowest BCUT2D eigenvalue weighted by atomic mass is 10.2. The van der Waals surface area contributed by atoms with Crippen LogP contribution in [0.15, 0.2) is 35.6 Å². The Morgan fingerprint density at radius 1 is 1.20 bits per heavy atom. The minimum atomic E-state index is -1.52. The first-order valence-electron chi connectivity index (χ1n) is 7.11. The maximum absolute atomic E-state index is 13.2. The molecule has 2 N–H and O–H groups in total. The lowest BCUT2D eigenvalue weighted by Crippen LogP contribution is -2.22. The molecule has 0 aliphatic rings. The number of aliphatic imine (C=N–C) groups is 1. The third kappa shape index (κ3) is 5.49. The number of amides is 2. The van der Waals surface area contributed by atoms with Crippen LogP contribution in [0.4, 0.5) is 23.7 Å². The Bertz CT molecular complexity index is 791. The number of thioether (sulfide) groups is 1. The summed E-state index contributed by atoms with van der Waals surface area (Å²) in [5, 5.41) is 5.57. The smallest absolute Gasteiger partial charge is 0.347 e. The van der Waals surface area contributed by atoms with Crippen molar-refractivity contribution < 1.29 is 18.0 Å². The van der Waals surface area contributed by atoms with Crippen molar-refractivity contribution in [2.75, 3.05) is 11.6 Å². The SMILES string of the molecule is CS/C(=N/C(=O)Nc1cncc(C)c1)NCc1cc(F)c(F)c(F)c1. The second-order valence-electron chi connectivity index (χ2n) is 5.03. The van der Waals surface area contributed by atoms with Crippen molar-refractivity contribution in [1.82, 2.24) is 10.3 Å². The Hall–Kier alpha value is -2.55. The maximum atomic E-state index is 13.2. The number of carbonyl (C=O) groups excluding carboxylic acids is 1. The number of urea groups is 1. The van der Waals surface area contributed by atoms with E-state index in [9.17, 15) is 18.0 Å². The lowest BCUT2D eigenvalue weighted by molar-refractivity contribution is 0.259. The Balaban J connectivity index is 2.01. The zero-order valence-electron chi connectivity index (χ0n) is 13.4. The van der Waals surface area contributed by atoms with Gasteiger partial charge in [-0.25, -0.2) is 18.0 Å². The fourth-order valence-corrected chi connectivity index (χ4v) is 2.30. The number of benzene rings is 1. The van der Waals surface area contributed by atoms with Crippen LogP contribution < -0.4 is 10.6 Å². The number of anilines is 1. The van der Waals surface area contributed by atoms with Gasteiger partial charge in [-0.1, -0.05) is 11.8 Å². The van der Waals surface area contributed by atoms with E-state index in [1.54, 1.807) is 18.5 Å². The molecule has 0 bridgehead atoms. The second-order valence-corrected chi connectivity index (χ2v) is 5.82. The Morgan fingerprint density at radius 3 is 2.48 bits per heavy atom. The number of halogens is 3.